The van der Waals surface area contributed by atoms with E-state index >= 15 is 0 Å². The molecule has 0 saturated heterocycles. The average Bonchev–Trinajstić information content (AvgIpc) is 2.73. The number of nitrogens with zero attached hydrogens (tertiary/aromatic N) is 2. The van der Waals surface area contributed by atoms with Crippen molar-refractivity contribution in [1.29, 1.82) is 0 Å². The van der Waals surface area contributed by atoms with Crippen molar-refractivity contribution in [2.45, 2.75) is 10.9 Å². The molecular formula is C22H15N2O3S-. The lowest BCUT2D eigenvalue weighted by molar-refractivity contribution is -0.255. The minimum Gasteiger partial charge on any atom is -0.545 e. The van der Waals surface area contributed by atoms with Gasteiger partial charge in [-0.15, -0.1) is 0 Å². The molecule has 0 aliphatic rings. The lowest BCUT2D eigenvalue weighted by Gasteiger charge is -2.13. The van der Waals surface area contributed by atoms with Crippen molar-refractivity contribution in [2.75, 3.05) is 0 Å². The van der Waals surface area contributed by atoms with E-state index in [2.05, 4.69) is 0 Å². The maximum atomic E-state index is 13.1. The van der Waals surface area contributed by atoms with Crippen LogP contribution in [0.2, 0.25) is 0 Å². The van der Waals surface area contributed by atoms with Crippen LogP contribution in [0.15, 0.2) is 88.8 Å². The smallest absolute Gasteiger partial charge is 0.266 e. The largest absolute Gasteiger partial charge is 0.545 e. The molecule has 5 nitrogen and oxygen atoms in total. The van der Waals surface area contributed by atoms with Crippen molar-refractivity contribution in [3.8, 4) is 5.69 Å². The van der Waals surface area contributed by atoms with Gasteiger partial charge in [0.25, 0.3) is 5.56 Å². The highest BCUT2D eigenvalue weighted by atomic mass is 32.2. The Hall–Kier alpha value is -3.38. The average molecular weight is 387 g/mol. The predicted octanol–water partition coefficient (Wildman–Crippen LogP) is 3.04. The van der Waals surface area contributed by atoms with E-state index in [-0.39, 0.29) is 11.1 Å². The summed E-state index contributed by atoms with van der Waals surface area (Å²) in [6.45, 7) is 0. The summed E-state index contributed by atoms with van der Waals surface area (Å²) in [5.41, 5.74) is 2.34. The minimum absolute atomic E-state index is 0.119. The first-order valence-electron chi connectivity index (χ1n) is 8.64. The molecular weight excluding hydrogens is 372 g/mol. The molecule has 0 amide bonds. The number of rotatable bonds is 5. The van der Waals surface area contributed by atoms with E-state index in [0.29, 0.717) is 21.8 Å². The van der Waals surface area contributed by atoms with Gasteiger partial charge in [0.2, 0.25) is 0 Å². The lowest BCUT2D eigenvalue weighted by atomic mass is 10.1. The molecule has 3 aromatic carbocycles. The van der Waals surface area contributed by atoms with Gasteiger partial charge >= 0.3 is 0 Å². The lowest BCUT2D eigenvalue weighted by Crippen LogP contribution is -2.22. The van der Waals surface area contributed by atoms with Gasteiger partial charge < -0.3 is 9.90 Å². The number of aromatic carboxylic acids is 1. The molecule has 1 heterocycles. The molecule has 0 unspecified atom stereocenters. The van der Waals surface area contributed by atoms with Gasteiger partial charge in [-0.05, 0) is 35.4 Å². The van der Waals surface area contributed by atoms with Gasteiger partial charge in [0.15, 0.2) is 5.16 Å². The molecule has 0 atom stereocenters. The first-order chi connectivity index (χ1) is 13.6. The number of hydrogen-bond acceptors (Lipinski definition) is 5. The minimum atomic E-state index is -1.20. The molecule has 0 aliphatic carbocycles. The summed E-state index contributed by atoms with van der Waals surface area (Å²) in [6, 6.07) is 23.2. The molecule has 1 aromatic heterocycles. The first-order valence-corrected chi connectivity index (χ1v) is 9.62. The van der Waals surface area contributed by atoms with E-state index < -0.39 is 5.97 Å². The van der Waals surface area contributed by atoms with Crippen molar-refractivity contribution in [3.05, 3.63) is 100 Å². The van der Waals surface area contributed by atoms with E-state index in [1.165, 1.54) is 23.9 Å². The second-order valence-corrected chi connectivity index (χ2v) is 7.10. The Morgan fingerprint density at radius 1 is 0.929 bits per heavy atom. The zero-order chi connectivity index (χ0) is 19.5. The van der Waals surface area contributed by atoms with Crippen molar-refractivity contribution in [2.24, 2.45) is 0 Å². The summed E-state index contributed by atoms with van der Waals surface area (Å²) in [6.07, 6.45) is 0. The Morgan fingerprint density at radius 3 is 2.32 bits per heavy atom. The molecule has 28 heavy (non-hydrogen) atoms. The highest BCUT2D eigenvalue weighted by molar-refractivity contribution is 7.98. The van der Waals surface area contributed by atoms with E-state index in [4.69, 9.17) is 4.98 Å². The number of thioether (sulfide) groups is 1. The van der Waals surface area contributed by atoms with Crippen molar-refractivity contribution < 1.29 is 9.90 Å². The van der Waals surface area contributed by atoms with Gasteiger partial charge in [-0.3, -0.25) is 9.36 Å². The molecule has 4 rings (SSSR count). The third kappa shape index (κ3) is 3.54. The number of benzene rings is 3. The fourth-order valence-electron chi connectivity index (χ4n) is 2.90. The van der Waals surface area contributed by atoms with Crippen LogP contribution in [0.1, 0.15) is 15.9 Å². The van der Waals surface area contributed by atoms with Crippen LogP contribution in [-0.2, 0) is 5.75 Å². The van der Waals surface area contributed by atoms with Crippen LogP contribution < -0.4 is 10.7 Å². The molecule has 0 aliphatic heterocycles. The molecule has 4 aromatic rings. The third-order valence-corrected chi connectivity index (χ3v) is 5.33. The number of fused-ring (bicyclic) bond motifs is 1. The SMILES string of the molecule is O=C([O-])c1ccc(CSc2nc3ccccc3c(=O)n2-c2ccccc2)cc1. The number of carboxylic acid groups (broad SMARTS) is 1. The summed E-state index contributed by atoms with van der Waals surface area (Å²) in [7, 11) is 0. The number of carbonyl (C=O) groups excluding carboxylic acids is 1. The van der Waals surface area contributed by atoms with Crippen molar-refractivity contribution in [1.82, 2.24) is 9.55 Å². The van der Waals surface area contributed by atoms with Crippen molar-refractivity contribution >= 4 is 28.6 Å². The Morgan fingerprint density at radius 2 is 1.61 bits per heavy atom. The van der Waals surface area contributed by atoms with E-state index in [1.54, 1.807) is 22.8 Å². The second-order valence-electron chi connectivity index (χ2n) is 6.16. The van der Waals surface area contributed by atoms with E-state index in [0.717, 1.165) is 11.3 Å². The molecule has 0 bridgehead atoms. The second kappa shape index (κ2) is 7.70. The maximum Gasteiger partial charge on any atom is 0.266 e. The number of carboxylic acids is 1. The molecule has 138 valence electrons. The Balaban J connectivity index is 1.75. The molecule has 6 heteroatoms. The van der Waals surface area contributed by atoms with Crippen LogP contribution in [0.4, 0.5) is 0 Å². The quantitative estimate of drug-likeness (QED) is 0.389. The van der Waals surface area contributed by atoms with Gasteiger partial charge in [0.1, 0.15) is 0 Å². The fraction of sp³-hybridized carbons (Fsp3) is 0.0455. The summed E-state index contributed by atoms with van der Waals surface area (Å²) in [4.78, 5) is 28.7. The fourth-order valence-corrected chi connectivity index (χ4v) is 3.87. The Bertz CT molecular complexity index is 1200. The van der Waals surface area contributed by atoms with E-state index in [9.17, 15) is 14.7 Å². The molecule has 0 fully saturated rings. The highest BCUT2D eigenvalue weighted by Gasteiger charge is 2.13. The first kappa shape index (κ1) is 18.0. The van der Waals surface area contributed by atoms with Gasteiger partial charge in [-0.1, -0.05) is 66.4 Å². The molecule has 0 N–H and O–H groups in total. The number of aromatic nitrogens is 2. The van der Waals surface area contributed by atoms with Gasteiger partial charge in [0.05, 0.1) is 22.6 Å². The zero-order valence-corrected chi connectivity index (χ0v) is 15.6. The van der Waals surface area contributed by atoms with Gasteiger partial charge in [-0.2, -0.15) is 0 Å². The third-order valence-electron chi connectivity index (χ3n) is 4.32. The zero-order valence-electron chi connectivity index (χ0n) is 14.7. The summed E-state index contributed by atoms with van der Waals surface area (Å²) < 4.78 is 1.61. The van der Waals surface area contributed by atoms with Crippen LogP contribution in [0, 0.1) is 0 Å². The van der Waals surface area contributed by atoms with Crippen LogP contribution in [0.25, 0.3) is 16.6 Å². The topological polar surface area (TPSA) is 75.0 Å². The molecule has 0 saturated carbocycles. The summed E-state index contributed by atoms with van der Waals surface area (Å²) in [5, 5.41) is 12.0. The Kier molecular flexibility index (Phi) is 4.95. The van der Waals surface area contributed by atoms with Crippen molar-refractivity contribution in [3.63, 3.8) is 0 Å². The normalized spacial score (nSPS) is 10.9. The van der Waals surface area contributed by atoms with Gasteiger partial charge in [-0.25, -0.2) is 4.98 Å². The maximum absolute atomic E-state index is 13.1. The van der Waals surface area contributed by atoms with Crippen LogP contribution in [0.5, 0.6) is 0 Å². The highest BCUT2D eigenvalue weighted by Crippen LogP contribution is 2.24. The monoisotopic (exact) mass is 387 g/mol. The van der Waals surface area contributed by atoms with Gasteiger partial charge in [0, 0.05) is 5.75 Å². The molecule has 0 spiro atoms. The number of para-hydroxylation sites is 2. The predicted molar refractivity (Wildman–Crippen MR) is 108 cm³/mol. The number of carbonyl (C=O) groups is 1. The van der Waals surface area contributed by atoms with Crippen LogP contribution in [0.3, 0.4) is 0 Å². The standard InChI is InChI=1S/C22H16N2O3S/c25-20-18-8-4-5-9-19(18)23-22(24(20)17-6-2-1-3-7-17)28-14-15-10-12-16(13-11-15)21(26)27/h1-13H,14H2,(H,26,27)/p-1. The Labute approximate surface area is 165 Å². The molecule has 0 radical (unpaired) electrons. The summed E-state index contributed by atoms with van der Waals surface area (Å²) >= 11 is 1.43. The van der Waals surface area contributed by atoms with Crippen LogP contribution >= 0.6 is 11.8 Å². The number of hydrogen-bond donors (Lipinski definition) is 0. The summed E-state index contributed by atoms with van der Waals surface area (Å²) in [5.74, 6) is -0.654. The van der Waals surface area contributed by atoms with Crippen LogP contribution in [-0.4, -0.2) is 15.5 Å². The van der Waals surface area contributed by atoms with E-state index in [1.807, 2.05) is 48.5 Å².